The Hall–Kier alpha value is -1.03. The molecule has 4 heteroatoms. The van der Waals surface area contributed by atoms with Crippen LogP contribution < -0.4 is 5.32 Å². The number of hydrogen-bond donors (Lipinski definition) is 1. The number of thiophene rings is 1. The zero-order chi connectivity index (χ0) is 8.97. The fourth-order valence-electron chi connectivity index (χ4n) is 0.872. The molecular formula is C8H11NO2S. The molecule has 0 aliphatic heterocycles. The lowest BCUT2D eigenvalue weighted by Crippen LogP contribution is -2.05. The number of hydrogen-bond acceptors (Lipinski definition) is 4. The van der Waals surface area contributed by atoms with Crippen molar-refractivity contribution in [3.63, 3.8) is 0 Å². The molecule has 1 N–H and O–H groups in total. The van der Waals surface area contributed by atoms with Crippen LogP contribution >= 0.6 is 11.3 Å². The van der Waals surface area contributed by atoms with Gasteiger partial charge in [-0.15, -0.1) is 11.3 Å². The Bertz CT molecular complexity index is 270. The van der Waals surface area contributed by atoms with E-state index >= 15 is 0 Å². The Morgan fingerprint density at radius 1 is 1.75 bits per heavy atom. The van der Waals surface area contributed by atoms with Crippen molar-refractivity contribution in [3.8, 4) is 0 Å². The Morgan fingerprint density at radius 3 is 3.08 bits per heavy atom. The third kappa shape index (κ3) is 1.76. The molecule has 0 amide bonds. The molecule has 0 unspecified atom stereocenters. The van der Waals surface area contributed by atoms with Crippen molar-refractivity contribution < 1.29 is 9.53 Å². The number of rotatable bonds is 3. The van der Waals surface area contributed by atoms with E-state index in [2.05, 4.69) is 5.32 Å². The highest BCUT2D eigenvalue weighted by atomic mass is 32.1. The molecule has 0 spiro atoms. The molecule has 1 aromatic rings. The molecule has 1 aromatic heterocycles. The molecule has 3 nitrogen and oxygen atoms in total. The monoisotopic (exact) mass is 185 g/mol. The van der Waals surface area contributed by atoms with Crippen LogP contribution in [0.1, 0.15) is 17.3 Å². The fourth-order valence-corrected chi connectivity index (χ4v) is 1.61. The van der Waals surface area contributed by atoms with Gasteiger partial charge in [-0.3, -0.25) is 0 Å². The predicted molar refractivity (Wildman–Crippen MR) is 49.8 cm³/mol. The Kier molecular flexibility index (Phi) is 3.10. The van der Waals surface area contributed by atoms with Crippen molar-refractivity contribution in [2.24, 2.45) is 0 Å². The molecule has 1 heterocycles. The van der Waals surface area contributed by atoms with Gasteiger partial charge in [0.1, 0.15) is 5.00 Å². The molecule has 12 heavy (non-hydrogen) atoms. The lowest BCUT2D eigenvalue weighted by atomic mass is 10.3. The van der Waals surface area contributed by atoms with Crippen molar-refractivity contribution in [1.29, 1.82) is 0 Å². The second-order valence-electron chi connectivity index (χ2n) is 2.13. The molecule has 0 fully saturated rings. The quantitative estimate of drug-likeness (QED) is 0.732. The van der Waals surface area contributed by atoms with Gasteiger partial charge in [-0.1, -0.05) is 0 Å². The van der Waals surface area contributed by atoms with E-state index in [1.807, 2.05) is 5.38 Å². The highest BCUT2D eigenvalue weighted by molar-refractivity contribution is 7.14. The van der Waals surface area contributed by atoms with Crippen LogP contribution in [0.3, 0.4) is 0 Å². The first-order chi connectivity index (χ1) is 5.79. The largest absolute Gasteiger partial charge is 0.462 e. The minimum atomic E-state index is -0.261. The standard InChI is InChI=1S/C8H11NO2S/c1-3-11-8(10)6-4-5-12-7(6)9-2/h4-5,9H,3H2,1-2H3. The van der Waals surface area contributed by atoms with E-state index < -0.39 is 0 Å². The predicted octanol–water partition coefficient (Wildman–Crippen LogP) is 1.97. The first-order valence-corrected chi connectivity index (χ1v) is 4.60. The Balaban J connectivity index is 2.79. The van der Waals surface area contributed by atoms with Crippen molar-refractivity contribution in [2.45, 2.75) is 6.92 Å². The van der Waals surface area contributed by atoms with Gasteiger partial charge >= 0.3 is 5.97 Å². The van der Waals surface area contributed by atoms with Gasteiger partial charge in [0.25, 0.3) is 0 Å². The van der Waals surface area contributed by atoms with Crippen LogP contribution in [-0.4, -0.2) is 19.6 Å². The molecule has 66 valence electrons. The van der Waals surface area contributed by atoms with Crippen LogP contribution in [0.2, 0.25) is 0 Å². The van der Waals surface area contributed by atoms with Crippen molar-refractivity contribution in [2.75, 3.05) is 19.0 Å². The highest BCUT2D eigenvalue weighted by Gasteiger charge is 2.11. The lowest BCUT2D eigenvalue weighted by Gasteiger charge is -2.01. The molecular weight excluding hydrogens is 174 g/mol. The normalized spacial score (nSPS) is 9.50. The van der Waals surface area contributed by atoms with E-state index in [0.717, 1.165) is 5.00 Å². The summed E-state index contributed by atoms with van der Waals surface area (Å²) in [5.74, 6) is -0.261. The molecule has 0 saturated heterocycles. The number of carbonyl (C=O) groups excluding carboxylic acids is 1. The number of ether oxygens (including phenoxy) is 1. The third-order valence-corrected chi connectivity index (χ3v) is 2.32. The maximum Gasteiger partial charge on any atom is 0.341 e. The van der Waals surface area contributed by atoms with Crippen LogP contribution in [0.15, 0.2) is 11.4 Å². The van der Waals surface area contributed by atoms with E-state index in [0.29, 0.717) is 12.2 Å². The maximum absolute atomic E-state index is 11.2. The van der Waals surface area contributed by atoms with Gasteiger partial charge in [-0.05, 0) is 18.4 Å². The Labute approximate surface area is 75.4 Å². The number of anilines is 1. The number of carbonyl (C=O) groups is 1. The molecule has 0 aromatic carbocycles. The van der Waals surface area contributed by atoms with E-state index in [4.69, 9.17) is 4.74 Å². The summed E-state index contributed by atoms with van der Waals surface area (Å²) in [6, 6.07) is 1.76. The van der Waals surface area contributed by atoms with Gasteiger partial charge in [0, 0.05) is 7.05 Å². The molecule has 0 saturated carbocycles. The summed E-state index contributed by atoms with van der Waals surface area (Å²) in [5.41, 5.74) is 0.615. The van der Waals surface area contributed by atoms with Gasteiger partial charge in [0.15, 0.2) is 0 Å². The lowest BCUT2D eigenvalue weighted by molar-refractivity contribution is 0.0528. The molecule has 0 aliphatic carbocycles. The van der Waals surface area contributed by atoms with Crippen molar-refractivity contribution >= 4 is 22.3 Å². The second-order valence-corrected chi connectivity index (χ2v) is 3.05. The summed E-state index contributed by atoms with van der Waals surface area (Å²) in [6.45, 7) is 2.21. The second kappa shape index (κ2) is 4.11. The molecule has 0 radical (unpaired) electrons. The highest BCUT2D eigenvalue weighted by Crippen LogP contribution is 2.22. The summed E-state index contributed by atoms with van der Waals surface area (Å²) in [7, 11) is 1.79. The molecule has 0 aliphatic rings. The summed E-state index contributed by atoms with van der Waals surface area (Å²) in [4.78, 5) is 11.2. The van der Waals surface area contributed by atoms with Gasteiger partial charge in [-0.2, -0.15) is 0 Å². The fraction of sp³-hybridized carbons (Fsp3) is 0.375. The SMILES string of the molecule is CCOC(=O)c1ccsc1NC. The van der Waals surface area contributed by atoms with Gasteiger partial charge in [0.2, 0.25) is 0 Å². The van der Waals surface area contributed by atoms with Gasteiger partial charge < -0.3 is 10.1 Å². The maximum atomic E-state index is 11.2. The zero-order valence-corrected chi connectivity index (χ0v) is 7.90. The van der Waals surface area contributed by atoms with Crippen LogP contribution in [0, 0.1) is 0 Å². The van der Waals surface area contributed by atoms with Crippen LogP contribution in [-0.2, 0) is 4.74 Å². The van der Waals surface area contributed by atoms with Crippen LogP contribution in [0.4, 0.5) is 5.00 Å². The molecule has 0 bridgehead atoms. The minimum Gasteiger partial charge on any atom is -0.462 e. The first-order valence-electron chi connectivity index (χ1n) is 3.72. The smallest absolute Gasteiger partial charge is 0.341 e. The number of nitrogens with one attached hydrogen (secondary N) is 1. The Morgan fingerprint density at radius 2 is 2.50 bits per heavy atom. The minimum absolute atomic E-state index is 0.261. The van der Waals surface area contributed by atoms with Crippen molar-refractivity contribution in [1.82, 2.24) is 0 Å². The zero-order valence-electron chi connectivity index (χ0n) is 7.09. The first kappa shape index (κ1) is 9.06. The number of esters is 1. The average Bonchev–Trinajstić information content (AvgIpc) is 2.51. The summed E-state index contributed by atoms with van der Waals surface area (Å²) in [5, 5.41) is 5.65. The van der Waals surface area contributed by atoms with Crippen LogP contribution in [0.5, 0.6) is 0 Å². The summed E-state index contributed by atoms with van der Waals surface area (Å²) >= 11 is 1.49. The van der Waals surface area contributed by atoms with E-state index in [1.54, 1.807) is 20.0 Å². The van der Waals surface area contributed by atoms with Crippen LogP contribution in [0.25, 0.3) is 0 Å². The topological polar surface area (TPSA) is 38.3 Å². The van der Waals surface area contributed by atoms with Gasteiger partial charge in [0.05, 0.1) is 12.2 Å². The third-order valence-electron chi connectivity index (χ3n) is 1.39. The molecule has 0 atom stereocenters. The molecule has 1 rings (SSSR count). The van der Waals surface area contributed by atoms with E-state index in [-0.39, 0.29) is 5.97 Å². The van der Waals surface area contributed by atoms with E-state index in [1.165, 1.54) is 11.3 Å². The average molecular weight is 185 g/mol. The van der Waals surface area contributed by atoms with E-state index in [9.17, 15) is 4.79 Å². The summed E-state index contributed by atoms with van der Waals surface area (Å²) in [6.07, 6.45) is 0. The van der Waals surface area contributed by atoms with Gasteiger partial charge in [-0.25, -0.2) is 4.79 Å². The van der Waals surface area contributed by atoms with Crippen molar-refractivity contribution in [3.05, 3.63) is 17.0 Å². The summed E-state index contributed by atoms with van der Waals surface area (Å²) < 4.78 is 4.86.